The third-order valence-corrected chi connectivity index (χ3v) is 5.13. The molecule has 1 N–H and O–H groups in total. The predicted molar refractivity (Wildman–Crippen MR) is 93.2 cm³/mol. The van der Waals surface area contributed by atoms with Crippen LogP contribution >= 0.6 is 0 Å². The average molecular weight is 349 g/mol. The van der Waals surface area contributed by atoms with Crippen LogP contribution in [0.4, 0.5) is 0 Å². The van der Waals surface area contributed by atoms with Gasteiger partial charge in [0.15, 0.2) is 0 Å². The Morgan fingerprint density at radius 1 is 1.28 bits per heavy atom. The molecule has 2 aliphatic heterocycles. The van der Waals surface area contributed by atoms with Gasteiger partial charge in [0.1, 0.15) is 23.5 Å². The molecular weight excluding hydrogens is 322 g/mol. The lowest BCUT2D eigenvalue weighted by atomic mass is 9.76. The number of hydrogen-bond acceptors (Lipinski definition) is 5. The van der Waals surface area contributed by atoms with Crippen molar-refractivity contribution in [2.45, 2.75) is 19.8 Å². The first-order valence-electron chi connectivity index (χ1n) is 9.03. The highest BCUT2D eigenvalue weighted by molar-refractivity contribution is 5.76. The number of carboxylic acid groups (broad SMARTS) is 1. The molecule has 2 heterocycles. The monoisotopic (exact) mass is 349 g/mol. The molecule has 25 heavy (non-hydrogen) atoms. The van der Waals surface area contributed by atoms with Crippen LogP contribution in [0.3, 0.4) is 0 Å². The molecule has 0 saturated carbocycles. The van der Waals surface area contributed by atoms with Crippen LogP contribution in [-0.4, -0.2) is 62.0 Å². The average Bonchev–Trinajstić information content (AvgIpc) is 3.01. The van der Waals surface area contributed by atoms with Crippen molar-refractivity contribution >= 4 is 5.97 Å². The summed E-state index contributed by atoms with van der Waals surface area (Å²) >= 11 is 0. The zero-order chi connectivity index (χ0) is 17.7. The molecule has 2 saturated heterocycles. The van der Waals surface area contributed by atoms with Crippen LogP contribution in [0.5, 0.6) is 11.5 Å². The van der Waals surface area contributed by atoms with Crippen LogP contribution in [0.1, 0.15) is 19.8 Å². The van der Waals surface area contributed by atoms with Crippen LogP contribution in [-0.2, 0) is 9.53 Å². The summed E-state index contributed by atoms with van der Waals surface area (Å²) in [4.78, 5) is 13.9. The number of carboxylic acids is 1. The first-order chi connectivity index (χ1) is 12.1. The van der Waals surface area contributed by atoms with Gasteiger partial charge in [-0.05, 0) is 43.0 Å². The largest absolute Gasteiger partial charge is 0.494 e. The van der Waals surface area contributed by atoms with Gasteiger partial charge in [0, 0.05) is 26.2 Å². The fourth-order valence-corrected chi connectivity index (χ4v) is 3.71. The van der Waals surface area contributed by atoms with Gasteiger partial charge in [-0.3, -0.25) is 9.69 Å². The van der Waals surface area contributed by atoms with Gasteiger partial charge in [-0.2, -0.15) is 0 Å². The fraction of sp³-hybridized carbons (Fsp3) is 0.632. The van der Waals surface area contributed by atoms with Crippen LogP contribution < -0.4 is 9.47 Å². The Morgan fingerprint density at radius 3 is 2.56 bits per heavy atom. The summed E-state index contributed by atoms with van der Waals surface area (Å²) in [6.07, 6.45) is 1.81. The van der Waals surface area contributed by atoms with Crippen molar-refractivity contribution in [3.63, 3.8) is 0 Å². The van der Waals surface area contributed by atoms with E-state index in [0.29, 0.717) is 33.0 Å². The number of fused-ring (bicyclic) bond motifs is 1. The van der Waals surface area contributed by atoms with Crippen LogP contribution in [0, 0.1) is 11.3 Å². The quantitative estimate of drug-likeness (QED) is 0.777. The molecule has 6 heteroatoms. The summed E-state index contributed by atoms with van der Waals surface area (Å²) in [6, 6.07) is 7.63. The first kappa shape index (κ1) is 18.0. The minimum absolute atomic E-state index is 0.175. The third-order valence-electron chi connectivity index (χ3n) is 5.13. The number of carbonyl (C=O) groups is 1. The summed E-state index contributed by atoms with van der Waals surface area (Å²) in [5, 5.41) is 9.66. The third kappa shape index (κ3) is 4.07. The van der Waals surface area contributed by atoms with Gasteiger partial charge in [-0.1, -0.05) is 6.92 Å². The van der Waals surface area contributed by atoms with Crippen LogP contribution in [0.15, 0.2) is 24.3 Å². The number of rotatable bonds is 8. The molecule has 0 radical (unpaired) electrons. The number of benzene rings is 1. The minimum Gasteiger partial charge on any atom is -0.494 e. The standard InChI is InChI=1S/C19H27NO5/c1-2-9-24-16-3-5-17(6-4-16)25-11-8-20-12-15-7-10-23-14-19(15,13-20)18(21)22/h3-6,15H,2,7-14H2,1H3,(H,21,22)/t15-,19+/m0/s1. The fourth-order valence-electron chi connectivity index (χ4n) is 3.71. The van der Waals surface area contributed by atoms with E-state index in [-0.39, 0.29) is 5.92 Å². The Bertz CT molecular complexity index is 576. The van der Waals surface area contributed by atoms with Gasteiger partial charge in [0.2, 0.25) is 0 Å². The molecule has 0 aromatic heterocycles. The van der Waals surface area contributed by atoms with Gasteiger partial charge in [-0.25, -0.2) is 0 Å². The van der Waals surface area contributed by atoms with E-state index in [2.05, 4.69) is 11.8 Å². The van der Waals surface area contributed by atoms with E-state index in [9.17, 15) is 9.90 Å². The number of nitrogens with zero attached hydrogens (tertiary/aromatic N) is 1. The summed E-state index contributed by atoms with van der Waals surface area (Å²) in [5.74, 6) is 1.09. The van der Waals surface area contributed by atoms with E-state index in [1.54, 1.807) is 0 Å². The maximum Gasteiger partial charge on any atom is 0.313 e. The van der Waals surface area contributed by atoms with E-state index in [4.69, 9.17) is 14.2 Å². The molecule has 2 fully saturated rings. The van der Waals surface area contributed by atoms with E-state index >= 15 is 0 Å². The second kappa shape index (κ2) is 8.06. The molecule has 0 aliphatic carbocycles. The summed E-state index contributed by atoms with van der Waals surface area (Å²) < 4.78 is 16.8. The van der Waals surface area contributed by atoms with Gasteiger partial charge in [-0.15, -0.1) is 0 Å². The maximum absolute atomic E-state index is 11.8. The molecule has 0 unspecified atom stereocenters. The van der Waals surface area contributed by atoms with E-state index in [0.717, 1.165) is 37.4 Å². The van der Waals surface area contributed by atoms with Crippen molar-refractivity contribution in [2.75, 3.05) is 46.1 Å². The Labute approximate surface area is 148 Å². The SMILES string of the molecule is CCCOc1ccc(OCCN2C[C@@H]3CCOC[C@]3(C(=O)O)C2)cc1. The molecule has 2 aliphatic rings. The Hall–Kier alpha value is -1.79. The molecule has 6 nitrogen and oxygen atoms in total. The van der Waals surface area contributed by atoms with Crippen LogP contribution in [0.2, 0.25) is 0 Å². The van der Waals surface area contributed by atoms with Gasteiger partial charge in [0.05, 0.1) is 13.2 Å². The molecule has 3 rings (SSSR count). The Balaban J connectivity index is 1.47. The topological polar surface area (TPSA) is 68.2 Å². The van der Waals surface area contributed by atoms with Crippen molar-refractivity contribution < 1.29 is 24.1 Å². The molecule has 2 atom stereocenters. The van der Waals surface area contributed by atoms with Crippen molar-refractivity contribution in [3.8, 4) is 11.5 Å². The molecule has 1 aromatic carbocycles. The highest BCUT2D eigenvalue weighted by Crippen LogP contribution is 2.41. The Morgan fingerprint density at radius 2 is 1.96 bits per heavy atom. The van der Waals surface area contributed by atoms with E-state index in [1.807, 2.05) is 24.3 Å². The minimum atomic E-state index is -0.740. The molecule has 1 aromatic rings. The first-order valence-corrected chi connectivity index (χ1v) is 9.03. The van der Waals surface area contributed by atoms with Gasteiger partial charge >= 0.3 is 5.97 Å². The van der Waals surface area contributed by atoms with E-state index < -0.39 is 11.4 Å². The van der Waals surface area contributed by atoms with Crippen molar-refractivity contribution in [2.24, 2.45) is 11.3 Å². The summed E-state index contributed by atoms with van der Waals surface area (Å²) in [5.41, 5.74) is -0.740. The van der Waals surface area contributed by atoms with Crippen LogP contribution in [0.25, 0.3) is 0 Å². The number of ether oxygens (including phenoxy) is 3. The molecule has 0 bridgehead atoms. The van der Waals surface area contributed by atoms with Gasteiger partial charge < -0.3 is 19.3 Å². The zero-order valence-electron chi connectivity index (χ0n) is 14.8. The summed E-state index contributed by atoms with van der Waals surface area (Å²) in [7, 11) is 0. The lowest BCUT2D eigenvalue weighted by molar-refractivity contribution is -0.159. The second-order valence-corrected chi connectivity index (χ2v) is 6.90. The highest BCUT2D eigenvalue weighted by atomic mass is 16.5. The normalized spacial score (nSPS) is 26.2. The molecule has 138 valence electrons. The van der Waals surface area contributed by atoms with E-state index in [1.165, 1.54) is 0 Å². The number of likely N-dealkylation sites (tertiary alicyclic amines) is 1. The lowest BCUT2D eigenvalue weighted by Crippen LogP contribution is -2.46. The maximum atomic E-state index is 11.8. The zero-order valence-corrected chi connectivity index (χ0v) is 14.8. The lowest BCUT2D eigenvalue weighted by Gasteiger charge is -2.34. The Kier molecular flexibility index (Phi) is 5.81. The van der Waals surface area contributed by atoms with Crippen molar-refractivity contribution in [1.29, 1.82) is 0 Å². The molecule has 0 spiro atoms. The number of aliphatic carboxylic acids is 1. The molecular formula is C19H27NO5. The number of hydrogen-bond donors (Lipinski definition) is 1. The second-order valence-electron chi connectivity index (χ2n) is 6.90. The highest BCUT2D eigenvalue weighted by Gasteiger charge is 2.53. The smallest absolute Gasteiger partial charge is 0.313 e. The predicted octanol–water partition coefficient (Wildman–Crippen LogP) is 2.28. The van der Waals surface area contributed by atoms with Crippen molar-refractivity contribution in [1.82, 2.24) is 4.90 Å². The molecule has 0 amide bonds. The van der Waals surface area contributed by atoms with Crippen molar-refractivity contribution in [3.05, 3.63) is 24.3 Å². The summed E-state index contributed by atoms with van der Waals surface area (Å²) in [6.45, 7) is 6.39. The van der Waals surface area contributed by atoms with Gasteiger partial charge in [0.25, 0.3) is 0 Å².